The van der Waals surface area contributed by atoms with Gasteiger partial charge in [0.1, 0.15) is 28.2 Å². The van der Waals surface area contributed by atoms with Crippen molar-refractivity contribution in [3.05, 3.63) is 10.9 Å². The van der Waals surface area contributed by atoms with Gasteiger partial charge in [-0.15, -0.1) is 23.7 Å². The van der Waals surface area contributed by atoms with Gasteiger partial charge >= 0.3 is 5.12 Å². The van der Waals surface area contributed by atoms with Gasteiger partial charge in [-0.25, -0.2) is 4.79 Å². The van der Waals surface area contributed by atoms with Crippen molar-refractivity contribution in [2.45, 2.75) is 31.6 Å². The molecule has 0 bridgehead atoms. The second-order valence-corrected chi connectivity index (χ2v) is 7.38. The molecule has 1 aromatic rings. The molecule has 112 valence electrons. The lowest BCUT2D eigenvalue weighted by Gasteiger charge is -2.12. The van der Waals surface area contributed by atoms with Gasteiger partial charge in [0, 0.05) is 6.07 Å². The molecule has 4 nitrogen and oxygen atoms in total. The minimum atomic E-state index is -0.307. The van der Waals surface area contributed by atoms with Crippen molar-refractivity contribution in [1.29, 1.82) is 5.41 Å². The molecular formula is C13H20ClN2O2S2+. The van der Waals surface area contributed by atoms with E-state index >= 15 is 0 Å². The highest BCUT2D eigenvalue weighted by atomic mass is 35.5. The zero-order chi connectivity index (χ0) is 13.8. The van der Waals surface area contributed by atoms with E-state index in [0.29, 0.717) is 13.2 Å². The third-order valence-electron chi connectivity index (χ3n) is 2.85. The number of halogens is 1. The summed E-state index contributed by atoms with van der Waals surface area (Å²) in [5.41, 5.74) is 0. The van der Waals surface area contributed by atoms with Gasteiger partial charge in [0.2, 0.25) is 5.90 Å². The first-order chi connectivity index (χ1) is 9.17. The first kappa shape index (κ1) is 17.3. The molecule has 0 fully saturated rings. The Morgan fingerprint density at radius 3 is 2.95 bits per heavy atom. The predicted octanol–water partition coefficient (Wildman–Crippen LogP) is 3.26. The van der Waals surface area contributed by atoms with Crippen LogP contribution in [0.5, 0.6) is 0 Å². The molecule has 2 N–H and O–H groups in total. The molecule has 1 atom stereocenters. The van der Waals surface area contributed by atoms with E-state index in [0.717, 1.165) is 33.4 Å². The smallest absolute Gasteiger partial charge is 0.355 e. The number of anilines is 1. The monoisotopic (exact) mass is 335 g/mol. The molecule has 0 radical (unpaired) electrons. The molecule has 20 heavy (non-hydrogen) atoms. The number of ether oxygens (including phenoxy) is 1. The van der Waals surface area contributed by atoms with Crippen LogP contribution in [0.15, 0.2) is 11.0 Å². The predicted molar refractivity (Wildman–Crippen MR) is 88.9 cm³/mol. The fourth-order valence-corrected chi connectivity index (χ4v) is 5.31. The Hall–Kier alpha value is -0.720. The van der Waals surface area contributed by atoms with Gasteiger partial charge in [0.05, 0.1) is 11.5 Å². The van der Waals surface area contributed by atoms with Crippen LogP contribution < -0.4 is 5.32 Å². The third kappa shape index (κ3) is 3.68. The minimum Gasteiger partial charge on any atom is -0.477 e. The average Bonchev–Trinajstić information content (AvgIpc) is 2.82. The van der Waals surface area contributed by atoms with Gasteiger partial charge in [-0.2, -0.15) is 0 Å². The van der Waals surface area contributed by atoms with Gasteiger partial charge in [-0.1, -0.05) is 13.3 Å². The lowest BCUT2D eigenvalue weighted by Crippen LogP contribution is -2.30. The van der Waals surface area contributed by atoms with Crippen molar-refractivity contribution in [1.82, 2.24) is 0 Å². The van der Waals surface area contributed by atoms with Gasteiger partial charge in [0.15, 0.2) is 4.90 Å². The molecule has 1 unspecified atom stereocenters. The highest BCUT2D eigenvalue weighted by Gasteiger charge is 2.39. The van der Waals surface area contributed by atoms with Crippen LogP contribution in [0.3, 0.4) is 0 Å². The Balaban J connectivity index is 0.00000200. The van der Waals surface area contributed by atoms with Crippen LogP contribution in [0.1, 0.15) is 31.6 Å². The quantitative estimate of drug-likeness (QED) is 0.493. The van der Waals surface area contributed by atoms with Crippen molar-refractivity contribution in [3.8, 4) is 0 Å². The number of nitrogens with one attached hydrogen (secondary N) is 2. The standard InChI is InChI=1S/C13H19N2O2S2.ClH/c1-3-5-6-19-10-7-9(12(14)17-4-2)18-13(10)15-8-11(19)16;/h7,14-15H,3-6,8H2,1-2H3;1H/q+1;. The second-order valence-electron chi connectivity index (χ2n) is 4.24. The number of thiophene rings is 1. The van der Waals surface area contributed by atoms with E-state index in [1.165, 1.54) is 11.3 Å². The number of rotatable bonds is 5. The summed E-state index contributed by atoms with van der Waals surface area (Å²) in [6.45, 7) is 4.92. The molecule has 1 aromatic heterocycles. The molecule has 0 spiro atoms. The molecule has 0 saturated heterocycles. The highest BCUT2D eigenvalue weighted by molar-refractivity contribution is 8.11. The van der Waals surface area contributed by atoms with Crippen molar-refractivity contribution in [2.75, 3.05) is 24.2 Å². The van der Waals surface area contributed by atoms with Crippen LogP contribution in [-0.4, -0.2) is 29.9 Å². The molecule has 2 heterocycles. The molecule has 0 aliphatic carbocycles. The highest BCUT2D eigenvalue weighted by Crippen LogP contribution is 2.37. The SMILES string of the molecule is CCCC[S+]1C(=O)CNc2sc(C(=N)OCC)cc21.Cl. The van der Waals surface area contributed by atoms with E-state index < -0.39 is 0 Å². The summed E-state index contributed by atoms with van der Waals surface area (Å²) < 4.78 is 5.23. The number of unbranched alkanes of at least 4 members (excludes halogenated alkanes) is 1. The first-order valence-electron chi connectivity index (χ1n) is 6.50. The van der Waals surface area contributed by atoms with E-state index in [4.69, 9.17) is 10.1 Å². The summed E-state index contributed by atoms with van der Waals surface area (Å²) in [7, 11) is -0.307. The lowest BCUT2D eigenvalue weighted by molar-refractivity contribution is -0.109. The molecule has 2 rings (SSSR count). The summed E-state index contributed by atoms with van der Waals surface area (Å²) in [6.07, 6.45) is 2.17. The van der Waals surface area contributed by atoms with Crippen molar-refractivity contribution < 1.29 is 9.53 Å². The molecular weight excluding hydrogens is 316 g/mol. The zero-order valence-corrected chi connectivity index (χ0v) is 14.1. The fraction of sp³-hybridized carbons (Fsp3) is 0.538. The number of hydrogen-bond acceptors (Lipinski definition) is 5. The Morgan fingerprint density at radius 2 is 2.30 bits per heavy atom. The summed E-state index contributed by atoms with van der Waals surface area (Å²) in [5.74, 6) is 1.14. The van der Waals surface area contributed by atoms with Crippen LogP contribution in [-0.2, 0) is 20.4 Å². The normalized spacial score (nSPS) is 16.9. The Kier molecular flexibility index (Phi) is 6.85. The summed E-state index contributed by atoms with van der Waals surface area (Å²) in [5, 5.41) is 12.3. The Labute approximate surface area is 132 Å². The van der Waals surface area contributed by atoms with Crippen LogP contribution in [0.25, 0.3) is 0 Å². The second kappa shape index (κ2) is 7.90. The first-order valence-corrected chi connectivity index (χ1v) is 8.71. The Bertz CT molecular complexity index is 491. The molecule has 0 amide bonds. The topological polar surface area (TPSA) is 62.2 Å². The average molecular weight is 336 g/mol. The summed E-state index contributed by atoms with van der Waals surface area (Å²) in [6, 6.07) is 1.96. The van der Waals surface area contributed by atoms with Crippen LogP contribution in [0.4, 0.5) is 5.00 Å². The summed E-state index contributed by atoms with van der Waals surface area (Å²) >= 11 is 1.52. The third-order valence-corrected chi connectivity index (χ3v) is 6.31. The molecule has 0 aromatic carbocycles. The van der Waals surface area contributed by atoms with E-state index in [1.54, 1.807) is 0 Å². The van der Waals surface area contributed by atoms with E-state index in [1.807, 2.05) is 13.0 Å². The fourth-order valence-electron chi connectivity index (χ4n) is 1.88. The van der Waals surface area contributed by atoms with E-state index in [2.05, 4.69) is 12.2 Å². The van der Waals surface area contributed by atoms with Crippen LogP contribution >= 0.6 is 23.7 Å². The van der Waals surface area contributed by atoms with Crippen molar-refractivity contribution in [3.63, 3.8) is 0 Å². The number of carbonyl (C=O) groups is 1. The van der Waals surface area contributed by atoms with Gasteiger partial charge in [0.25, 0.3) is 0 Å². The van der Waals surface area contributed by atoms with Crippen molar-refractivity contribution in [2.24, 2.45) is 0 Å². The number of carbonyl (C=O) groups excluding carboxylic acids is 1. The van der Waals surface area contributed by atoms with E-state index in [-0.39, 0.29) is 34.3 Å². The Morgan fingerprint density at radius 1 is 1.55 bits per heavy atom. The molecule has 1 aliphatic heterocycles. The van der Waals surface area contributed by atoms with Crippen LogP contribution in [0, 0.1) is 5.41 Å². The zero-order valence-electron chi connectivity index (χ0n) is 11.7. The van der Waals surface area contributed by atoms with E-state index in [9.17, 15) is 4.79 Å². The van der Waals surface area contributed by atoms with Gasteiger partial charge in [-0.05, 0) is 13.3 Å². The van der Waals surface area contributed by atoms with Gasteiger partial charge < -0.3 is 10.1 Å². The lowest BCUT2D eigenvalue weighted by atomic mass is 10.4. The molecule has 7 heteroatoms. The molecule has 1 aliphatic rings. The summed E-state index contributed by atoms with van der Waals surface area (Å²) in [4.78, 5) is 13.9. The van der Waals surface area contributed by atoms with Gasteiger partial charge in [-0.3, -0.25) is 5.41 Å². The number of fused-ring (bicyclic) bond motifs is 1. The molecule has 0 saturated carbocycles. The van der Waals surface area contributed by atoms with Crippen molar-refractivity contribution >= 4 is 50.7 Å². The maximum absolute atomic E-state index is 12.0. The maximum Gasteiger partial charge on any atom is 0.355 e. The number of hydrogen-bond donors (Lipinski definition) is 2. The minimum absolute atomic E-state index is 0. The maximum atomic E-state index is 12.0. The van der Waals surface area contributed by atoms with Crippen LogP contribution in [0.2, 0.25) is 0 Å². The largest absolute Gasteiger partial charge is 0.477 e.